The van der Waals surface area contributed by atoms with Crippen LogP contribution in [0.15, 0.2) is 46.9 Å². The van der Waals surface area contributed by atoms with Crippen molar-refractivity contribution in [2.45, 2.75) is 6.04 Å². The van der Waals surface area contributed by atoms with Crippen LogP contribution in [0.1, 0.15) is 16.5 Å². The van der Waals surface area contributed by atoms with Gasteiger partial charge in [0.1, 0.15) is 11.6 Å². The third-order valence-corrected chi connectivity index (χ3v) is 4.92. The average Bonchev–Trinajstić information content (AvgIpc) is 2.84. The van der Waals surface area contributed by atoms with E-state index in [-0.39, 0.29) is 11.6 Å². The minimum absolute atomic E-state index is 0.284. The Morgan fingerprint density at radius 3 is 2.70 bits per heavy atom. The van der Waals surface area contributed by atoms with Crippen molar-refractivity contribution >= 4 is 37.4 Å². The standard InChI is InChI=1S/C15H10BrF2NS/c16-11-3-1-2-10(14(11)18)15(19)13-6-8-4-5-9(17)7-12(8)20-13/h1-7,15H,19H2. The van der Waals surface area contributed by atoms with Gasteiger partial charge in [0.2, 0.25) is 0 Å². The molecule has 1 nitrogen and oxygen atoms in total. The molecule has 2 aromatic carbocycles. The molecule has 0 fully saturated rings. The lowest BCUT2D eigenvalue weighted by Gasteiger charge is -2.11. The summed E-state index contributed by atoms with van der Waals surface area (Å²) in [6.07, 6.45) is 0. The van der Waals surface area contributed by atoms with E-state index in [2.05, 4.69) is 15.9 Å². The molecule has 0 spiro atoms. The number of thiophene rings is 1. The number of hydrogen-bond acceptors (Lipinski definition) is 2. The fourth-order valence-electron chi connectivity index (χ4n) is 2.09. The molecule has 0 aliphatic rings. The van der Waals surface area contributed by atoms with Gasteiger partial charge in [0.25, 0.3) is 0 Å². The van der Waals surface area contributed by atoms with E-state index in [1.54, 1.807) is 24.3 Å². The highest BCUT2D eigenvalue weighted by Gasteiger charge is 2.17. The first-order chi connectivity index (χ1) is 9.56. The lowest BCUT2D eigenvalue weighted by atomic mass is 10.1. The van der Waals surface area contributed by atoms with E-state index in [0.717, 1.165) is 15.0 Å². The van der Waals surface area contributed by atoms with Crippen LogP contribution in [0.5, 0.6) is 0 Å². The van der Waals surface area contributed by atoms with Crippen LogP contribution in [0.3, 0.4) is 0 Å². The maximum absolute atomic E-state index is 14.1. The zero-order valence-electron chi connectivity index (χ0n) is 10.2. The third kappa shape index (κ3) is 2.37. The normalized spacial score (nSPS) is 12.8. The van der Waals surface area contributed by atoms with Gasteiger partial charge >= 0.3 is 0 Å². The zero-order valence-corrected chi connectivity index (χ0v) is 12.6. The number of hydrogen-bond donors (Lipinski definition) is 1. The molecule has 0 radical (unpaired) electrons. The largest absolute Gasteiger partial charge is 0.320 e. The van der Waals surface area contributed by atoms with Gasteiger partial charge in [-0.3, -0.25) is 0 Å². The van der Waals surface area contributed by atoms with Crippen LogP contribution >= 0.6 is 27.3 Å². The van der Waals surface area contributed by atoms with Crippen LogP contribution in [-0.4, -0.2) is 0 Å². The molecule has 1 atom stereocenters. The van der Waals surface area contributed by atoms with E-state index in [0.29, 0.717) is 10.0 Å². The second kappa shape index (κ2) is 5.24. The lowest BCUT2D eigenvalue weighted by molar-refractivity contribution is 0.594. The molecule has 1 unspecified atom stereocenters. The highest BCUT2D eigenvalue weighted by atomic mass is 79.9. The van der Waals surface area contributed by atoms with Crippen molar-refractivity contribution < 1.29 is 8.78 Å². The topological polar surface area (TPSA) is 26.0 Å². The Balaban J connectivity index is 2.08. The molecule has 0 bridgehead atoms. The van der Waals surface area contributed by atoms with E-state index < -0.39 is 6.04 Å². The van der Waals surface area contributed by atoms with E-state index in [9.17, 15) is 8.78 Å². The second-order valence-corrected chi connectivity index (χ2v) is 6.42. The van der Waals surface area contributed by atoms with Crippen LogP contribution < -0.4 is 5.73 Å². The highest BCUT2D eigenvalue weighted by Crippen LogP contribution is 2.34. The molecule has 5 heteroatoms. The summed E-state index contributed by atoms with van der Waals surface area (Å²) >= 11 is 4.54. The van der Waals surface area contributed by atoms with E-state index >= 15 is 0 Å². The van der Waals surface area contributed by atoms with Gasteiger partial charge in [-0.05, 0) is 45.6 Å². The van der Waals surface area contributed by atoms with Crippen molar-refractivity contribution in [1.29, 1.82) is 0 Å². The number of nitrogens with two attached hydrogens (primary N) is 1. The Bertz CT molecular complexity index is 785. The molecule has 0 aliphatic heterocycles. The van der Waals surface area contributed by atoms with Crippen molar-refractivity contribution in [3.8, 4) is 0 Å². The number of rotatable bonds is 2. The maximum Gasteiger partial charge on any atom is 0.142 e. The van der Waals surface area contributed by atoms with Crippen molar-refractivity contribution in [2.24, 2.45) is 5.73 Å². The minimum atomic E-state index is -0.562. The molecule has 0 amide bonds. The molecule has 3 aromatic rings. The highest BCUT2D eigenvalue weighted by molar-refractivity contribution is 9.10. The fraction of sp³-hybridized carbons (Fsp3) is 0.0667. The number of fused-ring (bicyclic) bond motifs is 1. The molecule has 1 heterocycles. The quantitative estimate of drug-likeness (QED) is 0.689. The summed E-state index contributed by atoms with van der Waals surface area (Å²) in [5, 5.41) is 0.914. The summed E-state index contributed by atoms with van der Waals surface area (Å²) in [7, 11) is 0. The SMILES string of the molecule is NC(c1cc2ccc(F)cc2s1)c1cccc(Br)c1F. The van der Waals surface area contributed by atoms with Crippen molar-refractivity contribution in [1.82, 2.24) is 0 Å². The predicted octanol–water partition coefficient (Wildman–Crippen LogP) is 4.99. The maximum atomic E-state index is 14.1. The summed E-state index contributed by atoms with van der Waals surface area (Å²) in [6.45, 7) is 0. The zero-order chi connectivity index (χ0) is 14.3. The van der Waals surface area contributed by atoms with Gasteiger partial charge in [-0.15, -0.1) is 11.3 Å². The van der Waals surface area contributed by atoms with E-state index in [4.69, 9.17) is 5.73 Å². The van der Waals surface area contributed by atoms with Gasteiger partial charge in [0.15, 0.2) is 0 Å². The Kier molecular flexibility index (Phi) is 3.58. The molecule has 0 saturated heterocycles. The van der Waals surface area contributed by atoms with Crippen LogP contribution in [0.25, 0.3) is 10.1 Å². The summed E-state index contributed by atoms with van der Waals surface area (Å²) in [5.41, 5.74) is 6.57. The Morgan fingerprint density at radius 1 is 1.10 bits per heavy atom. The molecular formula is C15H10BrF2NS. The summed E-state index contributed by atoms with van der Waals surface area (Å²) in [6, 6.07) is 10.9. The summed E-state index contributed by atoms with van der Waals surface area (Å²) < 4.78 is 28.5. The Labute approximate surface area is 127 Å². The average molecular weight is 354 g/mol. The number of halogens is 3. The van der Waals surface area contributed by atoms with E-state index in [1.165, 1.54) is 23.5 Å². The Hall–Kier alpha value is -1.30. The van der Waals surface area contributed by atoms with Crippen molar-refractivity contribution in [2.75, 3.05) is 0 Å². The first kappa shape index (κ1) is 13.7. The summed E-state index contributed by atoms with van der Waals surface area (Å²) in [4.78, 5) is 0.808. The first-order valence-electron chi connectivity index (χ1n) is 5.95. The molecule has 2 N–H and O–H groups in total. The molecule has 102 valence electrons. The van der Waals surface area contributed by atoms with Gasteiger partial charge in [-0.2, -0.15) is 0 Å². The van der Waals surface area contributed by atoms with Gasteiger partial charge < -0.3 is 5.73 Å². The van der Waals surface area contributed by atoms with Crippen LogP contribution in [0.2, 0.25) is 0 Å². The molecule has 3 rings (SSSR count). The smallest absolute Gasteiger partial charge is 0.142 e. The van der Waals surface area contributed by atoms with Gasteiger partial charge in [-0.1, -0.05) is 18.2 Å². The number of benzene rings is 2. The summed E-state index contributed by atoms with van der Waals surface area (Å²) in [5.74, 6) is -0.642. The lowest BCUT2D eigenvalue weighted by Crippen LogP contribution is -2.12. The van der Waals surface area contributed by atoms with Crippen LogP contribution in [0.4, 0.5) is 8.78 Å². The van der Waals surface area contributed by atoms with Gasteiger partial charge in [0, 0.05) is 15.1 Å². The third-order valence-electron chi connectivity index (χ3n) is 3.12. The monoisotopic (exact) mass is 353 g/mol. The fourth-order valence-corrected chi connectivity index (χ4v) is 3.58. The minimum Gasteiger partial charge on any atom is -0.320 e. The molecule has 20 heavy (non-hydrogen) atoms. The van der Waals surface area contributed by atoms with Crippen LogP contribution in [-0.2, 0) is 0 Å². The molecule has 1 aromatic heterocycles. The molecule has 0 saturated carbocycles. The second-order valence-electron chi connectivity index (χ2n) is 4.45. The van der Waals surface area contributed by atoms with Crippen molar-refractivity contribution in [3.05, 3.63) is 69.0 Å². The molecule has 0 aliphatic carbocycles. The van der Waals surface area contributed by atoms with Gasteiger partial charge in [0.05, 0.1) is 10.5 Å². The first-order valence-corrected chi connectivity index (χ1v) is 7.55. The molecular weight excluding hydrogens is 344 g/mol. The Morgan fingerprint density at radius 2 is 1.90 bits per heavy atom. The van der Waals surface area contributed by atoms with E-state index in [1.807, 2.05) is 6.07 Å². The predicted molar refractivity (Wildman–Crippen MR) is 81.9 cm³/mol. The van der Waals surface area contributed by atoms with Crippen molar-refractivity contribution in [3.63, 3.8) is 0 Å². The van der Waals surface area contributed by atoms with Crippen LogP contribution in [0, 0.1) is 11.6 Å². The van der Waals surface area contributed by atoms with Gasteiger partial charge in [-0.25, -0.2) is 8.78 Å².